The topological polar surface area (TPSA) is 174 Å². The van der Waals surface area contributed by atoms with Gasteiger partial charge in [-0.1, -0.05) is 43.2 Å². The SMILES string of the molecule is C=C/C=C(/Cc1ccc(C#CC(C)(C)O)nc1[C@H](Cc1cc(F)cc(F)c1)NC(=O)CN=C(C(CC)=C(N)C(=O)N(C)C)C(C)(F)F)Cc1c(C)c(N[S+](C)[O-])nn1C. The largest absolute Gasteiger partial charge is 0.593 e. The van der Waals surface area contributed by atoms with Crippen LogP contribution in [0.1, 0.15) is 73.9 Å². The number of halogens is 4. The molecule has 59 heavy (non-hydrogen) atoms. The number of nitrogens with two attached hydrogens (primary N) is 1. The fraction of sp³-hybridized carbons (Fsp3) is 0.405. The quantitative estimate of drug-likeness (QED) is 0.0353. The molecule has 0 bridgehead atoms. The first-order chi connectivity index (χ1) is 27.4. The first kappa shape index (κ1) is 47.9. The van der Waals surface area contributed by atoms with E-state index in [0.29, 0.717) is 30.8 Å². The van der Waals surface area contributed by atoms with Crippen LogP contribution in [0, 0.1) is 30.4 Å². The Balaban J connectivity index is 2.22. The van der Waals surface area contributed by atoms with Crippen LogP contribution in [0.25, 0.3) is 0 Å². The van der Waals surface area contributed by atoms with E-state index in [4.69, 9.17) is 10.7 Å². The molecule has 5 N–H and O–H groups in total. The fourth-order valence-corrected chi connectivity index (χ4v) is 6.59. The van der Waals surface area contributed by atoms with Crippen LogP contribution in [0.4, 0.5) is 23.4 Å². The number of amides is 2. The highest BCUT2D eigenvalue weighted by Gasteiger charge is 2.34. The number of aromatic nitrogens is 3. The molecule has 318 valence electrons. The van der Waals surface area contributed by atoms with E-state index in [0.717, 1.165) is 33.9 Å². The van der Waals surface area contributed by atoms with Gasteiger partial charge in [-0.15, -0.1) is 0 Å². The van der Waals surface area contributed by atoms with Crippen LogP contribution in [0.15, 0.2) is 70.9 Å². The van der Waals surface area contributed by atoms with E-state index in [1.165, 1.54) is 41.1 Å². The Bertz CT molecular complexity index is 2170. The summed E-state index contributed by atoms with van der Waals surface area (Å²) in [5, 5.41) is 17.6. The number of carbonyl (C=O) groups is 2. The van der Waals surface area contributed by atoms with E-state index in [2.05, 4.69) is 38.5 Å². The molecular formula is C42H52F4N8O4S. The van der Waals surface area contributed by atoms with E-state index >= 15 is 8.78 Å². The summed E-state index contributed by atoms with van der Waals surface area (Å²) >= 11 is -1.37. The van der Waals surface area contributed by atoms with Gasteiger partial charge in [0, 0.05) is 57.4 Å². The third kappa shape index (κ3) is 14.1. The maximum atomic E-state index is 15.1. The second-order valence-electron chi connectivity index (χ2n) is 14.7. The zero-order valence-electron chi connectivity index (χ0n) is 34.8. The van der Waals surface area contributed by atoms with Crippen molar-refractivity contribution in [3.8, 4) is 11.8 Å². The van der Waals surface area contributed by atoms with Gasteiger partial charge in [-0.3, -0.25) is 19.3 Å². The number of pyridine rings is 1. The van der Waals surface area contributed by atoms with Crippen LogP contribution in [-0.4, -0.2) is 85.3 Å². The van der Waals surface area contributed by atoms with Gasteiger partial charge in [0.25, 0.3) is 11.8 Å². The molecule has 2 amide bonds. The van der Waals surface area contributed by atoms with E-state index in [9.17, 15) is 28.0 Å². The number of aliphatic hydroxyl groups is 1. The Hall–Kier alpha value is -5.44. The first-order valence-corrected chi connectivity index (χ1v) is 20.1. The van der Waals surface area contributed by atoms with Crippen molar-refractivity contribution in [2.24, 2.45) is 17.8 Å². The molecule has 3 aromatic rings. The lowest BCUT2D eigenvalue weighted by molar-refractivity contribution is -0.124. The Morgan fingerprint density at radius 3 is 2.36 bits per heavy atom. The van der Waals surface area contributed by atoms with Gasteiger partial charge < -0.3 is 25.6 Å². The maximum Gasteiger partial charge on any atom is 0.286 e. The molecule has 0 spiro atoms. The molecule has 3 rings (SSSR count). The number of nitrogens with one attached hydrogen (secondary N) is 2. The first-order valence-electron chi connectivity index (χ1n) is 18.5. The number of carbonyl (C=O) groups excluding carboxylic acids is 2. The highest BCUT2D eigenvalue weighted by Crippen LogP contribution is 2.28. The van der Waals surface area contributed by atoms with Crippen molar-refractivity contribution in [1.82, 2.24) is 25.0 Å². The molecule has 0 saturated heterocycles. The molecule has 1 unspecified atom stereocenters. The van der Waals surface area contributed by atoms with Gasteiger partial charge in [0.05, 0.1) is 23.1 Å². The summed E-state index contributed by atoms with van der Waals surface area (Å²) in [5.74, 6) is -0.931. The van der Waals surface area contributed by atoms with E-state index in [1.807, 2.05) is 6.92 Å². The van der Waals surface area contributed by atoms with Gasteiger partial charge in [0.1, 0.15) is 47.1 Å². The number of aryl methyl sites for hydroxylation is 1. The van der Waals surface area contributed by atoms with Crippen molar-refractivity contribution in [2.75, 3.05) is 31.6 Å². The monoisotopic (exact) mass is 840 g/mol. The van der Waals surface area contributed by atoms with Crippen LogP contribution in [0.3, 0.4) is 0 Å². The lowest BCUT2D eigenvalue weighted by Crippen LogP contribution is -2.36. The molecular weight excluding hydrogens is 789 g/mol. The minimum absolute atomic E-state index is 0.0936. The summed E-state index contributed by atoms with van der Waals surface area (Å²) in [5.41, 5.74) is 6.59. The normalized spacial score (nSPS) is 13.8. The third-order valence-electron chi connectivity index (χ3n) is 8.77. The number of allylic oxidation sites excluding steroid dienone is 4. The number of alkyl halides is 2. The van der Waals surface area contributed by atoms with Gasteiger partial charge in [-0.05, 0) is 75.3 Å². The van der Waals surface area contributed by atoms with Crippen molar-refractivity contribution in [1.29, 1.82) is 0 Å². The zero-order chi connectivity index (χ0) is 44.4. The lowest BCUT2D eigenvalue weighted by atomic mass is 9.93. The van der Waals surface area contributed by atoms with Crippen LogP contribution in [0.5, 0.6) is 0 Å². The van der Waals surface area contributed by atoms with Crippen molar-refractivity contribution >= 4 is 34.7 Å². The average Bonchev–Trinajstić information content (AvgIpc) is 3.37. The van der Waals surface area contributed by atoms with E-state index in [-0.39, 0.29) is 41.8 Å². The maximum absolute atomic E-state index is 15.1. The van der Waals surface area contributed by atoms with Crippen molar-refractivity contribution in [3.63, 3.8) is 0 Å². The molecule has 12 nitrogen and oxygen atoms in total. The zero-order valence-corrected chi connectivity index (χ0v) is 35.6. The molecule has 0 aliphatic rings. The summed E-state index contributed by atoms with van der Waals surface area (Å²) in [6.07, 6.45) is 5.14. The van der Waals surface area contributed by atoms with E-state index in [1.54, 1.807) is 36.0 Å². The summed E-state index contributed by atoms with van der Waals surface area (Å²) < 4.78 is 75.6. The Kier molecular flexibility index (Phi) is 16.7. The standard InChI is InChI=1S/C42H52F4N8O4S/c1-11-13-26(22-34-25(3)39(51-54(34)9)52-59(10)58)18-28-14-15-31(16-17-41(4,5)57)49-37(28)33(21-27-19-29(43)23-30(44)20-27)50-35(55)24-48-38(42(6,45)46)32(12-2)36(47)40(56)53(7)8/h11,13-15,19-20,23,33,57H,1,12,18,21-22,24,47H2,2-10H3,(H,50,55)(H,51,52)/b26-13-,36-32?,48-38?/t33-,59?/m0/s1. The second kappa shape index (κ2) is 20.5. The Labute approximate surface area is 346 Å². The van der Waals surface area contributed by atoms with Crippen LogP contribution < -0.4 is 15.8 Å². The molecule has 2 aromatic heterocycles. The fourth-order valence-electron chi connectivity index (χ4n) is 6.12. The van der Waals surface area contributed by atoms with Crippen LogP contribution >= 0.6 is 0 Å². The Morgan fingerprint density at radius 1 is 1.17 bits per heavy atom. The number of rotatable bonds is 17. The molecule has 0 aliphatic heterocycles. The van der Waals surface area contributed by atoms with Crippen molar-refractivity contribution < 1.29 is 36.8 Å². The number of benzene rings is 1. The van der Waals surface area contributed by atoms with Gasteiger partial charge in [-0.2, -0.15) is 18.6 Å². The number of nitrogens with zero attached hydrogens (tertiary/aromatic N) is 5. The van der Waals surface area contributed by atoms with Gasteiger partial charge in [0.15, 0.2) is 5.82 Å². The molecule has 0 radical (unpaired) electrons. The van der Waals surface area contributed by atoms with Crippen LogP contribution in [0.2, 0.25) is 0 Å². The van der Waals surface area contributed by atoms with Crippen LogP contribution in [-0.2, 0) is 47.3 Å². The van der Waals surface area contributed by atoms with Gasteiger partial charge in [0.2, 0.25) is 5.91 Å². The summed E-state index contributed by atoms with van der Waals surface area (Å²) in [6.45, 7) is 9.94. The van der Waals surface area contributed by atoms with E-state index < -0.39 is 70.3 Å². The summed E-state index contributed by atoms with van der Waals surface area (Å²) in [4.78, 5) is 36.3. The minimum atomic E-state index is -3.60. The molecule has 17 heteroatoms. The number of likely N-dealkylation sites (N-methyl/N-ethyl adjacent to an activating group) is 1. The lowest BCUT2D eigenvalue weighted by Gasteiger charge is -2.23. The number of hydrogen-bond donors (Lipinski definition) is 4. The molecule has 2 atom stereocenters. The molecule has 1 aromatic carbocycles. The Morgan fingerprint density at radius 2 is 1.81 bits per heavy atom. The van der Waals surface area contributed by atoms with Gasteiger partial charge >= 0.3 is 0 Å². The molecule has 0 fully saturated rings. The molecule has 2 heterocycles. The highest BCUT2D eigenvalue weighted by atomic mass is 32.2. The highest BCUT2D eigenvalue weighted by molar-refractivity contribution is 7.92. The number of anilines is 1. The number of hydrogen-bond acceptors (Lipinski definition) is 9. The number of aliphatic imine (C=N–C) groups is 1. The second-order valence-corrected chi connectivity index (χ2v) is 15.8. The van der Waals surface area contributed by atoms with Gasteiger partial charge in [-0.25, -0.2) is 13.8 Å². The summed E-state index contributed by atoms with van der Waals surface area (Å²) in [6, 6.07) is 5.10. The van der Waals surface area contributed by atoms with Crippen molar-refractivity contribution in [2.45, 2.75) is 77.9 Å². The third-order valence-corrected chi connectivity index (χ3v) is 9.25. The predicted octanol–water partition coefficient (Wildman–Crippen LogP) is 5.33. The van der Waals surface area contributed by atoms with Crippen molar-refractivity contribution in [3.05, 3.63) is 111 Å². The predicted molar refractivity (Wildman–Crippen MR) is 223 cm³/mol. The molecule has 0 saturated carbocycles. The smallest absolute Gasteiger partial charge is 0.286 e. The summed E-state index contributed by atoms with van der Waals surface area (Å²) in [7, 11) is 4.58. The minimum Gasteiger partial charge on any atom is -0.593 e. The molecule has 0 aliphatic carbocycles. The average molecular weight is 841 g/mol.